The monoisotopic (exact) mass is 295 g/mol. The molecule has 1 aromatic heterocycles. The van der Waals surface area contributed by atoms with E-state index in [1.807, 2.05) is 6.92 Å². The summed E-state index contributed by atoms with van der Waals surface area (Å²) < 4.78 is 5.19. The molecule has 0 aliphatic carbocycles. The maximum Gasteiger partial charge on any atom is 0.273 e. The van der Waals surface area contributed by atoms with Crippen molar-refractivity contribution in [2.45, 2.75) is 19.8 Å². The van der Waals surface area contributed by atoms with Crippen molar-refractivity contribution in [2.24, 2.45) is 0 Å². The minimum Gasteiger partial charge on any atom is -0.395 e. The zero-order valence-electron chi connectivity index (χ0n) is 12.1. The molecule has 1 fully saturated rings. The van der Waals surface area contributed by atoms with Crippen molar-refractivity contribution >= 4 is 17.5 Å². The molecule has 0 radical (unpaired) electrons. The summed E-state index contributed by atoms with van der Waals surface area (Å²) in [5, 5.41) is 9.30. The molecule has 0 spiro atoms. The normalized spacial score (nSPS) is 15.0. The van der Waals surface area contributed by atoms with Crippen LogP contribution in [-0.2, 0) is 16.0 Å². The van der Waals surface area contributed by atoms with Crippen LogP contribution in [-0.4, -0.2) is 59.8 Å². The van der Waals surface area contributed by atoms with Crippen molar-refractivity contribution in [2.75, 3.05) is 38.6 Å². The predicted molar refractivity (Wildman–Crippen MR) is 76.7 cm³/mol. The predicted octanol–water partition coefficient (Wildman–Crippen LogP) is -0.467. The van der Waals surface area contributed by atoms with E-state index in [9.17, 15) is 9.59 Å². The SMILES string of the molecule is CCc1[nH]nc(C(=O)NCCC(=O)N2CCOCC2)c1N. The molecule has 2 rings (SSSR count). The number of nitrogen functional groups attached to an aromatic ring is 1. The fourth-order valence-corrected chi connectivity index (χ4v) is 2.17. The van der Waals surface area contributed by atoms with Crippen molar-refractivity contribution < 1.29 is 14.3 Å². The molecule has 4 N–H and O–H groups in total. The smallest absolute Gasteiger partial charge is 0.273 e. The van der Waals surface area contributed by atoms with Gasteiger partial charge in [0.1, 0.15) is 0 Å². The highest BCUT2D eigenvalue weighted by Gasteiger charge is 2.18. The van der Waals surface area contributed by atoms with Crippen LogP contribution >= 0.6 is 0 Å². The van der Waals surface area contributed by atoms with E-state index >= 15 is 0 Å². The second kappa shape index (κ2) is 7.07. The topological polar surface area (TPSA) is 113 Å². The zero-order chi connectivity index (χ0) is 15.2. The Hall–Kier alpha value is -2.09. The number of hydrogen-bond donors (Lipinski definition) is 3. The Kier molecular flexibility index (Phi) is 5.15. The maximum absolute atomic E-state index is 11.9. The number of nitrogens with zero attached hydrogens (tertiary/aromatic N) is 2. The van der Waals surface area contributed by atoms with Gasteiger partial charge in [0, 0.05) is 26.1 Å². The molecule has 0 bridgehead atoms. The van der Waals surface area contributed by atoms with E-state index in [0.717, 1.165) is 5.69 Å². The highest BCUT2D eigenvalue weighted by atomic mass is 16.5. The van der Waals surface area contributed by atoms with E-state index in [2.05, 4.69) is 15.5 Å². The number of carbonyl (C=O) groups excluding carboxylic acids is 2. The molecule has 116 valence electrons. The maximum atomic E-state index is 11.9. The van der Waals surface area contributed by atoms with E-state index in [4.69, 9.17) is 10.5 Å². The second-order valence-corrected chi connectivity index (χ2v) is 4.82. The number of amides is 2. The first-order valence-electron chi connectivity index (χ1n) is 7.10. The number of H-pyrrole nitrogens is 1. The molecule has 0 unspecified atom stereocenters. The molecule has 21 heavy (non-hydrogen) atoms. The van der Waals surface area contributed by atoms with Gasteiger partial charge in [-0.2, -0.15) is 5.10 Å². The molecule has 8 heteroatoms. The molecule has 0 atom stereocenters. The molecule has 8 nitrogen and oxygen atoms in total. The summed E-state index contributed by atoms with van der Waals surface area (Å²) in [5.41, 5.74) is 7.12. The van der Waals surface area contributed by atoms with Gasteiger partial charge in [-0.25, -0.2) is 0 Å². The van der Waals surface area contributed by atoms with Crippen LogP contribution in [0.25, 0.3) is 0 Å². The Balaban J connectivity index is 1.78. The lowest BCUT2D eigenvalue weighted by atomic mass is 10.2. The molecule has 1 aromatic rings. The minimum absolute atomic E-state index is 0.0165. The van der Waals surface area contributed by atoms with Gasteiger partial charge in [-0.05, 0) is 6.42 Å². The number of morpholine rings is 1. The highest BCUT2D eigenvalue weighted by molar-refractivity contribution is 5.97. The lowest BCUT2D eigenvalue weighted by molar-refractivity contribution is -0.135. The third kappa shape index (κ3) is 3.72. The Labute approximate surface area is 123 Å². The fraction of sp³-hybridized carbons (Fsp3) is 0.615. The van der Waals surface area contributed by atoms with E-state index in [1.54, 1.807) is 4.90 Å². The van der Waals surface area contributed by atoms with Crippen LogP contribution in [0.5, 0.6) is 0 Å². The first-order valence-corrected chi connectivity index (χ1v) is 7.10. The molecule has 0 aromatic carbocycles. The average molecular weight is 295 g/mol. The number of rotatable bonds is 5. The summed E-state index contributed by atoms with van der Waals surface area (Å²) in [4.78, 5) is 25.6. The Morgan fingerprint density at radius 2 is 2.14 bits per heavy atom. The number of nitrogens with two attached hydrogens (primary N) is 1. The lowest BCUT2D eigenvalue weighted by Gasteiger charge is -2.26. The Bertz CT molecular complexity index is 508. The van der Waals surface area contributed by atoms with Gasteiger partial charge < -0.3 is 20.7 Å². The van der Waals surface area contributed by atoms with E-state index < -0.39 is 0 Å². The van der Waals surface area contributed by atoms with E-state index in [-0.39, 0.29) is 30.5 Å². The van der Waals surface area contributed by atoms with Gasteiger partial charge in [0.15, 0.2) is 5.69 Å². The fourth-order valence-electron chi connectivity index (χ4n) is 2.17. The highest BCUT2D eigenvalue weighted by Crippen LogP contribution is 2.13. The molecule has 1 saturated heterocycles. The van der Waals surface area contributed by atoms with Crippen LogP contribution in [0, 0.1) is 0 Å². The van der Waals surface area contributed by atoms with Crippen LogP contribution in [0.3, 0.4) is 0 Å². The summed E-state index contributed by atoms with van der Waals surface area (Å²) in [5.74, 6) is -0.346. The number of carbonyl (C=O) groups is 2. The molecule has 0 saturated carbocycles. The molecule has 2 amide bonds. The molecule has 2 heterocycles. The number of aryl methyl sites for hydroxylation is 1. The van der Waals surface area contributed by atoms with Gasteiger partial charge in [-0.3, -0.25) is 14.7 Å². The molecule has 1 aliphatic heterocycles. The van der Waals surface area contributed by atoms with Crippen LogP contribution in [0.4, 0.5) is 5.69 Å². The number of anilines is 1. The van der Waals surface area contributed by atoms with E-state index in [0.29, 0.717) is 38.4 Å². The van der Waals surface area contributed by atoms with Crippen LogP contribution in [0.2, 0.25) is 0 Å². The van der Waals surface area contributed by atoms with Crippen molar-refractivity contribution in [3.8, 4) is 0 Å². The summed E-state index contributed by atoms with van der Waals surface area (Å²) in [7, 11) is 0. The number of aromatic nitrogens is 2. The van der Waals surface area contributed by atoms with Gasteiger partial charge in [0.2, 0.25) is 5.91 Å². The van der Waals surface area contributed by atoms with Gasteiger partial charge >= 0.3 is 0 Å². The molecular weight excluding hydrogens is 274 g/mol. The summed E-state index contributed by atoms with van der Waals surface area (Å²) in [6, 6.07) is 0. The largest absolute Gasteiger partial charge is 0.395 e. The number of aromatic amines is 1. The third-order valence-electron chi connectivity index (χ3n) is 3.44. The van der Waals surface area contributed by atoms with Gasteiger partial charge in [-0.1, -0.05) is 6.92 Å². The number of ether oxygens (including phenoxy) is 1. The average Bonchev–Trinajstić information content (AvgIpc) is 2.88. The summed E-state index contributed by atoms with van der Waals surface area (Å²) in [6.07, 6.45) is 0.943. The van der Waals surface area contributed by atoms with Crippen molar-refractivity contribution in [1.82, 2.24) is 20.4 Å². The van der Waals surface area contributed by atoms with Gasteiger partial charge in [-0.15, -0.1) is 0 Å². The van der Waals surface area contributed by atoms with Crippen LogP contribution in [0.15, 0.2) is 0 Å². The zero-order valence-corrected chi connectivity index (χ0v) is 12.1. The Morgan fingerprint density at radius 3 is 2.76 bits per heavy atom. The summed E-state index contributed by atoms with van der Waals surface area (Å²) >= 11 is 0. The summed E-state index contributed by atoms with van der Waals surface area (Å²) in [6.45, 7) is 4.55. The first kappa shape index (κ1) is 15.3. The lowest BCUT2D eigenvalue weighted by Crippen LogP contribution is -2.42. The second-order valence-electron chi connectivity index (χ2n) is 4.82. The van der Waals surface area contributed by atoms with E-state index in [1.165, 1.54) is 0 Å². The van der Waals surface area contributed by atoms with Crippen molar-refractivity contribution in [1.29, 1.82) is 0 Å². The number of hydrogen-bond acceptors (Lipinski definition) is 5. The van der Waals surface area contributed by atoms with Crippen molar-refractivity contribution in [3.63, 3.8) is 0 Å². The third-order valence-corrected chi connectivity index (χ3v) is 3.44. The standard InChI is InChI=1S/C13H21N5O3/c1-2-9-11(14)12(17-16-9)13(20)15-4-3-10(19)18-5-7-21-8-6-18/h2-8,14H2,1H3,(H,15,20)(H,16,17). The Morgan fingerprint density at radius 1 is 1.43 bits per heavy atom. The first-order chi connectivity index (χ1) is 10.1. The number of nitrogens with one attached hydrogen (secondary N) is 2. The molecular formula is C13H21N5O3. The van der Waals surface area contributed by atoms with Crippen molar-refractivity contribution in [3.05, 3.63) is 11.4 Å². The van der Waals surface area contributed by atoms with Crippen LogP contribution in [0.1, 0.15) is 29.5 Å². The van der Waals surface area contributed by atoms with Gasteiger partial charge in [0.25, 0.3) is 5.91 Å². The molecule has 1 aliphatic rings. The quantitative estimate of drug-likeness (QED) is 0.680. The van der Waals surface area contributed by atoms with Crippen LogP contribution < -0.4 is 11.1 Å². The minimum atomic E-state index is -0.363. The van der Waals surface area contributed by atoms with Gasteiger partial charge in [0.05, 0.1) is 24.6 Å².